The number of carbonyl (C=O) groups excluding carboxylic acids is 1. The predicted octanol–water partition coefficient (Wildman–Crippen LogP) is 3.31. The van der Waals surface area contributed by atoms with Crippen molar-refractivity contribution in [3.8, 4) is 21.4 Å². The summed E-state index contributed by atoms with van der Waals surface area (Å²) in [5, 5.41) is 2.46. The standard InChI is InChI=1S/C20H23N5O3S/c1-13-5-4-6-17(25(22)20(26)24(2)21)16(13)12-28-19-23-11-18(29-19)14-7-9-15(27-3)10-8-14/h4-11H,12,21-22H2,1-3H3. The zero-order valence-corrected chi connectivity index (χ0v) is 17.3. The Kier molecular flexibility index (Phi) is 6.32. The van der Waals surface area contributed by atoms with Crippen molar-refractivity contribution in [3.63, 3.8) is 0 Å². The lowest BCUT2D eigenvalue weighted by molar-refractivity contribution is 0.216. The molecule has 0 saturated heterocycles. The summed E-state index contributed by atoms with van der Waals surface area (Å²) in [5.74, 6) is 12.3. The van der Waals surface area contributed by atoms with Gasteiger partial charge in [0.1, 0.15) is 12.4 Å². The number of aromatic nitrogens is 1. The van der Waals surface area contributed by atoms with Crippen LogP contribution in [0.5, 0.6) is 10.9 Å². The van der Waals surface area contributed by atoms with E-state index in [4.69, 9.17) is 21.2 Å². The highest BCUT2D eigenvalue weighted by molar-refractivity contribution is 7.16. The molecule has 0 unspecified atom stereocenters. The van der Waals surface area contributed by atoms with Gasteiger partial charge in [0, 0.05) is 18.8 Å². The SMILES string of the molecule is COc1ccc(-c2cnc(OCc3c(C)cccc3N(N)C(=O)N(C)N)s2)cc1. The summed E-state index contributed by atoms with van der Waals surface area (Å²) in [4.78, 5) is 17.5. The molecular formula is C20H23N5O3S. The number of amides is 2. The number of rotatable bonds is 6. The van der Waals surface area contributed by atoms with E-state index in [-0.39, 0.29) is 6.61 Å². The fourth-order valence-electron chi connectivity index (χ4n) is 2.72. The first-order chi connectivity index (χ1) is 13.9. The van der Waals surface area contributed by atoms with Gasteiger partial charge in [0.2, 0.25) is 0 Å². The van der Waals surface area contributed by atoms with E-state index in [9.17, 15) is 4.79 Å². The molecule has 1 heterocycles. The molecule has 0 saturated carbocycles. The molecule has 4 N–H and O–H groups in total. The first-order valence-electron chi connectivity index (χ1n) is 8.79. The second kappa shape index (κ2) is 8.91. The van der Waals surface area contributed by atoms with Crippen molar-refractivity contribution < 1.29 is 14.3 Å². The Balaban J connectivity index is 1.76. The van der Waals surface area contributed by atoms with Crippen molar-refractivity contribution in [1.29, 1.82) is 0 Å². The molecule has 0 aliphatic carbocycles. The predicted molar refractivity (Wildman–Crippen MR) is 114 cm³/mol. The number of benzene rings is 2. The summed E-state index contributed by atoms with van der Waals surface area (Å²) in [6.07, 6.45) is 1.77. The summed E-state index contributed by atoms with van der Waals surface area (Å²) in [5.41, 5.74) is 3.28. The van der Waals surface area contributed by atoms with Crippen LogP contribution in [0.2, 0.25) is 0 Å². The molecular weight excluding hydrogens is 390 g/mol. The van der Waals surface area contributed by atoms with Crippen molar-refractivity contribution in [2.45, 2.75) is 13.5 Å². The number of hydrazine groups is 2. The molecule has 152 valence electrons. The normalized spacial score (nSPS) is 10.5. The van der Waals surface area contributed by atoms with Crippen LogP contribution in [0.3, 0.4) is 0 Å². The van der Waals surface area contributed by atoms with Crippen LogP contribution in [0, 0.1) is 6.92 Å². The lowest BCUT2D eigenvalue weighted by Crippen LogP contribution is -2.49. The van der Waals surface area contributed by atoms with Gasteiger partial charge in [-0.1, -0.05) is 23.5 Å². The number of aryl methyl sites for hydroxylation is 1. The van der Waals surface area contributed by atoms with Gasteiger partial charge in [0.05, 0.1) is 17.7 Å². The Labute approximate surface area is 173 Å². The molecule has 29 heavy (non-hydrogen) atoms. The average molecular weight is 414 g/mol. The monoisotopic (exact) mass is 413 g/mol. The molecule has 2 aromatic carbocycles. The third-order valence-electron chi connectivity index (χ3n) is 4.35. The second-order valence-electron chi connectivity index (χ2n) is 6.34. The quantitative estimate of drug-likeness (QED) is 0.365. The fourth-order valence-corrected chi connectivity index (χ4v) is 3.49. The topological polar surface area (TPSA) is 107 Å². The minimum Gasteiger partial charge on any atom is -0.497 e. The number of hydrogen-bond acceptors (Lipinski definition) is 7. The molecule has 3 rings (SSSR count). The number of ether oxygens (including phenoxy) is 2. The molecule has 3 aromatic rings. The van der Waals surface area contributed by atoms with Crippen molar-refractivity contribution >= 4 is 23.1 Å². The van der Waals surface area contributed by atoms with Crippen LogP contribution < -0.4 is 26.2 Å². The van der Waals surface area contributed by atoms with E-state index in [1.165, 1.54) is 18.4 Å². The van der Waals surface area contributed by atoms with E-state index in [2.05, 4.69) is 4.98 Å². The lowest BCUT2D eigenvalue weighted by Gasteiger charge is -2.23. The van der Waals surface area contributed by atoms with E-state index in [0.717, 1.165) is 37.3 Å². The van der Waals surface area contributed by atoms with Gasteiger partial charge in [-0.2, -0.15) is 0 Å². The highest BCUT2D eigenvalue weighted by atomic mass is 32.1. The number of nitrogens with two attached hydrogens (primary N) is 2. The molecule has 0 spiro atoms. The molecule has 0 aliphatic heterocycles. The number of carbonyl (C=O) groups is 1. The number of methoxy groups -OCH3 is 1. The van der Waals surface area contributed by atoms with Crippen molar-refractivity contribution in [1.82, 2.24) is 9.99 Å². The van der Waals surface area contributed by atoms with Gasteiger partial charge < -0.3 is 9.47 Å². The van der Waals surface area contributed by atoms with Gasteiger partial charge in [-0.25, -0.2) is 26.5 Å². The lowest BCUT2D eigenvalue weighted by atomic mass is 10.1. The van der Waals surface area contributed by atoms with Crippen molar-refractivity contribution in [2.24, 2.45) is 11.7 Å². The smallest absolute Gasteiger partial charge is 0.352 e. The fraction of sp³-hybridized carbons (Fsp3) is 0.200. The zero-order chi connectivity index (χ0) is 21.0. The number of urea groups is 1. The maximum absolute atomic E-state index is 12.1. The van der Waals surface area contributed by atoms with Crippen LogP contribution in [0.25, 0.3) is 10.4 Å². The highest BCUT2D eigenvalue weighted by Gasteiger charge is 2.19. The van der Waals surface area contributed by atoms with E-state index in [0.29, 0.717) is 10.9 Å². The molecule has 9 heteroatoms. The maximum Gasteiger partial charge on any atom is 0.352 e. The maximum atomic E-state index is 12.1. The van der Waals surface area contributed by atoms with Gasteiger partial charge in [-0.15, -0.1) is 0 Å². The van der Waals surface area contributed by atoms with Gasteiger partial charge in [0.25, 0.3) is 5.19 Å². The number of nitrogens with zero attached hydrogens (tertiary/aromatic N) is 3. The molecule has 0 fully saturated rings. The van der Waals surface area contributed by atoms with Crippen LogP contribution in [0.4, 0.5) is 10.5 Å². The van der Waals surface area contributed by atoms with Crippen LogP contribution in [-0.2, 0) is 6.61 Å². The van der Waals surface area contributed by atoms with Crippen LogP contribution in [0.15, 0.2) is 48.7 Å². The molecule has 8 nitrogen and oxygen atoms in total. The molecule has 0 bridgehead atoms. The third-order valence-corrected chi connectivity index (χ3v) is 5.31. The minimum atomic E-state index is -0.534. The van der Waals surface area contributed by atoms with Crippen LogP contribution in [-0.4, -0.2) is 30.2 Å². The van der Waals surface area contributed by atoms with Crippen molar-refractivity contribution in [3.05, 3.63) is 59.8 Å². The summed E-state index contributed by atoms with van der Waals surface area (Å²) >= 11 is 1.44. The molecule has 0 aliphatic rings. The Bertz CT molecular complexity index is 988. The second-order valence-corrected chi connectivity index (χ2v) is 7.34. The van der Waals surface area contributed by atoms with Crippen molar-refractivity contribution in [2.75, 3.05) is 19.2 Å². The first kappa shape index (κ1) is 20.6. The average Bonchev–Trinajstić information content (AvgIpc) is 3.20. The summed E-state index contributed by atoms with van der Waals surface area (Å²) < 4.78 is 11.1. The van der Waals surface area contributed by atoms with Gasteiger partial charge in [-0.3, -0.25) is 5.01 Å². The molecule has 0 radical (unpaired) electrons. The largest absolute Gasteiger partial charge is 0.497 e. The third kappa shape index (κ3) is 4.65. The Morgan fingerprint density at radius 1 is 1.17 bits per heavy atom. The molecule has 0 atom stereocenters. The first-order valence-corrected chi connectivity index (χ1v) is 9.61. The van der Waals surface area contributed by atoms with E-state index in [1.54, 1.807) is 19.4 Å². The van der Waals surface area contributed by atoms with Crippen LogP contribution >= 0.6 is 11.3 Å². The summed E-state index contributed by atoms with van der Waals surface area (Å²) in [6.45, 7) is 2.14. The van der Waals surface area contributed by atoms with Crippen LogP contribution in [0.1, 0.15) is 11.1 Å². The minimum absolute atomic E-state index is 0.215. The number of anilines is 1. The Hall–Kier alpha value is -3.14. The van der Waals surface area contributed by atoms with E-state index < -0.39 is 6.03 Å². The van der Waals surface area contributed by atoms with E-state index >= 15 is 0 Å². The molecule has 1 aromatic heterocycles. The number of hydrogen-bond donors (Lipinski definition) is 2. The summed E-state index contributed by atoms with van der Waals surface area (Å²) in [7, 11) is 3.07. The molecule has 2 amide bonds. The highest BCUT2D eigenvalue weighted by Crippen LogP contribution is 2.32. The van der Waals surface area contributed by atoms with Gasteiger partial charge in [0.15, 0.2) is 0 Å². The van der Waals surface area contributed by atoms with E-state index in [1.807, 2.05) is 43.3 Å². The van der Waals surface area contributed by atoms with Gasteiger partial charge in [-0.05, 0) is 48.4 Å². The number of thiazole rings is 1. The zero-order valence-electron chi connectivity index (χ0n) is 16.5. The Morgan fingerprint density at radius 2 is 1.90 bits per heavy atom. The summed E-state index contributed by atoms with van der Waals surface area (Å²) in [6, 6.07) is 12.7. The van der Waals surface area contributed by atoms with Gasteiger partial charge >= 0.3 is 6.03 Å². The Morgan fingerprint density at radius 3 is 2.55 bits per heavy atom.